The molecule has 17 heavy (non-hydrogen) atoms. The van der Waals surface area contributed by atoms with Crippen molar-refractivity contribution in [2.45, 2.75) is 25.7 Å². The van der Waals surface area contributed by atoms with Crippen molar-refractivity contribution in [1.82, 2.24) is 14.7 Å². The molecule has 0 aromatic heterocycles. The van der Waals surface area contributed by atoms with E-state index >= 15 is 0 Å². The van der Waals surface area contributed by atoms with Gasteiger partial charge in [0.1, 0.15) is 0 Å². The van der Waals surface area contributed by atoms with Gasteiger partial charge in [-0.3, -0.25) is 4.79 Å². The van der Waals surface area contributed by atoms with Gasteiger partial charge in [-0.2, -0.15) is 0 Å². The zero-order valence-electron chi connectivity index (χ0n) is 11.0. The molecule has 98 valence electrons. The van der Waals surface area contributed by atoms with Crippen LogP contribution in [-0.4, -0.2) is 73.5 Å². The predicted molar refractivity (Wildman–Crippen MR) is 69.0 cm³/mol. The second-order valence-electron chi connectivity index (χ2n) is 5.34. The molecule has 2 heterocycles. The van der Waals surface area contributed by atoms with Crippen molar-refractivity contribution in [2.24, 2.45) is 0 Å². The van der Waals surface area contributed by atoms with Crippen LogP contribution in [0.1, 0.15) is 25.7 Å². The Labute approximate surface area is 105 Å². The van der Waals surface area contributed by atoms with Crippen molar-refractivity contribution in [3.63, 3.8) is 0 Å². The maximum atomic E-state index is 12.0. The molecule has 2 fully saturated rings. The lowest BCUT2D eigenvalue weighted by atomic mass is 10.1. The summed E-state index contributed by atoms with van der Waals surface area (Å²) in [5.74, 6) is 0.351. The molecule has 2 saturated heterocycles. The summed E-state index contributed by atoms with van der Waals surface area (Å²) in [5.41, 5.74) is 0. The molecule has 0 spiro atoms. The van der Waals surface area contributed by atoms with E-state index in [0.717, 1.165) is 32.7 Å². The van der Waals surface area contributed by atoms with Crippen molar-refractivity contribution in [1.29, 1.82) is 0 Å². The SMILES string of the molecule is CN1CCN(C(=O)CCN2CCCCC2)CC1. The zero-order valence-corrected chi connectivity index (χ0v) is 11.0. The molecular formula is C13H25N3O. The predicted octanol–water partition coefficient (Wildman–Crippen LogP) is 0.636. The Morgan fingerprint density at radius 1 is 0.941 bits per heavy atom. The first-order chi connectivity index (χ1) is 8.25. The first-order valence-electron chi connectivity index (χ1n) is 6.94. The summed E-state index contributed by atoms with van der Waals surface area (Å²) in [6.07, 6.45) is 4.69. The second kappa shape index (κ2) is 6.36. The average molecular weight is 239 g/mol. The van der Waals surface area contributed by atoms with E-state index in [1.807, 2.05) is 4.90 Å². The molecule has 0 atom stereocenters. The third-order valence-corrected chi connectivity index (χ3v) is 3.95. The summed E-state index contributed by atoms with van der Waals surface area (Å²) in [5, 5.41) is 0. The molecule has 0 unspecified atom stereocenters. The molecule has 0 saturated carbocycles. The van der Waals surface area contributed by atoms with Gasteiger partial charge in [-0.05, 0) is 33.0 Å². The summed E-state index contributed by atoms with van der Waals surface area (Å²) in [7, 11) is 2.12. The molecule has 1 amide bonds. The molecule has 0 aliphatic carbocycles. The molecule has 2 aliphatic heterocycles. The van der Waals surface area contributed by atoms with E-state index in [9.17, 15) is 4.79 Å². The Morgan fingerprint density at radius 3 is 2.24 bits per heavy atom. The van der Waals surface area contributed by atoms with Gasteiger partial charge >= 0.3 is 0 Å². The van der Waals surface area contributed by atoms with Crippen LogP contribution in [0.3, 0.4) is 0 Å². The number of hydrogen-bond acceptors (Lipinski definition) is 3. The average Bonchev–Trinajstić information content (AvgIpc) is 2.38. The molecule has 0 N–H and O–H groups in total. The van der Waals surface area contributed by atoms with E-state index in [4.69, 9.17) is 0 Å². The number of piperidine rings is 1. The molecule has 0 bridgehead atoms. The highest BCUT2D eigenvalue weighted by molar-refractivity contribution is 5.76. The topological polar surface area (TPSA) is 26.8 Å². The maximum absolute atomic E-state index is 12.0. The number of carbonyl (C=O) groups excluding carboxylic acids is 1. The molecule has 0 aromatic carbocycles. The Bertz CT molecular complexity index is 243. The Morgan fingerprint density at radius 2 is 1.59 bits per heavy atom. The lowest BCUT2D eigenvalue weighted by Gasteiger charge is -2.33. The highest BCUT2D eigenvalue weighted by Gasteiger charge is 2.19. The van der Waals surface area contributed by atoms with E-state index in [2.05, 4.69) is 16.8 Å². The van der Waals surface area contributed by atoms with E-state index in [-0.39, 0.29) is 0 Å². The molecule has 2 rings (SSSR count). The molecule has 0 radical (unpaired) electrons. The van der Waals surface area contributed by atoms with Gasteiger partial charge in [-0.1, -0.05) is 6.42 Å². The number of hydrogen-bond donors (Lipinski definition) is 0. The first-order valence-corrected chi connectivity index (χ1v) is 6.94. The number of likely N-dealkylation sites (tertiary alicyclic amines) is 1. The monoisotopic (exact) mass is 239 g/mol. The van der Waals surface area contributed by atoms with Gasteiger partial charge in [0.25, 0.3) is 0 Å². The van der Waals surface area contributed by atoms with Gasteiger partial charge in [0.15, 0.2) is 0 Å². The number of amides is 1. The molecule has 0 aromatic rings. The highest BCUT2D eigenvalue weighted by atomic mass is 16.2. The van der Waals surface area contributed by atoms with Crippen molar-refractivity contribution in [3.05, 3.63) is 0 Å². The lowest BCUT2D eigenvalue weighted by molar-refractivity contribution is -0.133. The Kier molecular flexibility index (Phi) is 4.80. The van der Waals surface area contributed by atoms with E-state index in [0.29, 0.717) is 12.3 Å². The van der Waals surface area contributed by atoms with Gasteiger partial charge in [0.05, 0.1) is 0 Å². The first kappa shape index (κ1) is 12.8. The second-order valence-corrected chi connectivity index (χ2v) is 5.34. The summed E-state index contributed by atoms with van der Waals surface area (Å²) in [6, 6.07) is 0. The van der Waals surface area contributed by atoms with Crippen molar-refractivity contribution >= 4 is 5.91 Å². The van der Waals surface area contributed by atoms with Crippen LogP contribution in [0.4, 0.5) is 0 Å². The van der Waals surface area contributed by atoms with Crippen molar-refractivity contribution in [2.75, 3.05) is 52.9 Å². The minimum Gasteiger partial charge on any atom is -0.340 e. The van der Waals surface area contributed by atoms with Crippen LogP contribution in [0.25, 0.3) is 0 Å². The number of carbonyl (C=O) groups is 1. The van der Waals surface area contributed by atoms with Gasteiger partial charge in [0, 0.05) is 39.1 Å². The normalized spacial score (nSPS) is 23.9. The minimum atomic E-state index is 0.351. The van der Waals surface area contributed by atoms with Gasteiger partial charge in [-0.25, -0.2) is 0 Å². The highest BCUT2D eigenvalue weighted by Crippen LogP contribution is 2.09. The largest absolute Gasteiger partial charge is 0.340 e. The third-order valence-electron chi connectivity index (χ3n) is 3.95. The zero-order chi connectivity index (χ0) is 12.1. The molecular weight excluding hydrogens is 214 g/mol. The quantitative estimate of drug-likeness (QED) is 0.723. The molecule has 2 aliphatic rings. The van der Waals surface area contributed by atoms with E-state index in [1.165, 1.54) is 32.4 Å². The smallest absolute Gasteiger partial charge is 0.223 e. The van der Waals surface area contributed by atoms with E-state index in [1.54, 1.807) is 0 Å². The van der Waals surface area contributed by atoms with Crippen LogP contribution in [0.5, 0.6) is 0 Å². The number of likely N-dealkylation sites (N-methyl/N-ethyl adjacent to an activating group) is 1. The summed E-state index contributed by atoms with van der Waals surface area (Å²) >= 11 is 0. The lowest BCUT2D eigenvalue weighted by Crippen LogP contribution is -2.47. The summed E-state index contributed by atoms with van der Waals surface area (Å²) in [6.45, 7) is 7.22. The van der Waals surface area contributed by atoms with Gasteiger partial charge in [0.2, 0.25) is 5.91 Å². The van der Waals surface area contributed by atoms with Crippen LogP contribution in [0.2, 0.25) is 0 Å². The minimum absolute atomic E-state index is 0.351. The van der Waals surface area contributed by atoms with Gasteiger partial charge in [-0.15, -0.1) is 0 Å². The Balaban J connectivity index is 1.66. The number of piperazine rings is 1. The fourth-order valence-corrected chi connectivity index (χ4v) is 2.65. The molecule has 4 heteroatoms. The standard InChI is InChI=1S/C13H25N3O/c1-14-9-11-16(12-10-14)13(17)5-8-15-6-3-2-4-7-15/h2-12H2,1H3. The summed E-state index contributed by atoms with van der Waals surface area (Å²) < 4.78 is 0. The maximum Gasteiger partial charge on any atom is 0.223 e. The fraction of sp³-hybridized carbons (Fsp3) is 0.923. The Hall–Kier alpha value is -0.610. The van der Waals surface area contributed by atoms with Crippen molar-refractivity contribution < 1.29 is 4.79 Å². The number of rotatable bonds is 3. The number of nitrogens with zero attached hydrogens (tertiary/aromatic N) is 3. The van der Waals surface area contributed by atoms with Crippen LogP contribution in [0, 0.1) is 0 Å². The van der Waals surface area contributed by atoms with Gasteiger partial charge < -0.3 is 14.7 Å². The van der Waals surface area contributed by atoms with E-state index < -0.39 is 0 Å². The fourth-order valence-electron chi connectivity index (χ4n) is 2.65. The van der Waals surface area contributed by atoms with Crippen LogP contribution < -0.4 is 0 Å². The van der Waals surface area contributed by atoms with Crippen LogP contribution >= 0.6 is 0 Å². The summed E-state index contributed by atoms with van der Waals surface area (Å²) in [4.78, 5) is 18.8. The third kappa shape index (κ3) is 3.96. The van der Waals surface area contributed by atoms with Crippen LogP contribution in [-0.2, 0) is 4.79 Å². The van der Waals surface area contributed by atoms with Crippen LogP contribution in [0.15, 0.2) is 0 Å². The molecule has 4 nitrogen and oxygen atoms in total. The van der Waals surface area contributed by atoms with Crippen molar-refractivity contribution in [3.8, 4) is 0 Å².